The van der Waals surface area contributed by atoms with Gasteiger partial charge in [0.25, 0.3) is 11.4 Å². The Bertz CT molecular complexity index is 685. The molecule has 0 amide bonds. The number of hydrogen-bond donors (Lipinski definition) is 4. The minimum atomic E-state index is -0.630. The van der Waals surface area contributed by atoms with Gasteiger partial charge in [0, 0.05) is 12.1 Å². The summed E-state index contributed by atoms with van der Waals surface area (Å²) >= 11 is 0. The summed E-state index contributed by atoms with van der Waals surface area (Å²) in [7, 11) is 0. The van der Waals surface area contributed by atoms with E-state index < -0.39 is 9.85 Å². The van der Waals surface area contributed by atoms with Gasteiger partial charge in [-0.3, -0.25) is 31.9 Å². The van der Waals surface area contributed by atoms with E-state index >= 15 is 0 Å². The van der Waals surface area contributed by atoms with Crippen molar-refractivity contribution in [2.45, 2.75) is 0 Å². The van der Waals surface area contributed by atoms with Crippen LogP contribution in [0.3, 0.4) is 0 Å². The lowest BCUT2D eigenvalue weighted by molar-refractivity contribution is -0.386. The zero-order chi connectivity index (χ0) is 16.3. The Morgan fingerprint density at radius 1 is 0.773 bits per heavy atom. The smallest absolute Gasteiger partial charge is 0.279 e. The minimum absolute atomic E-state index is 0.110. The predicted octanol–water partition coefficient (Wildman–Crippen LogP) is 1.74. The second-order valence-corrected chi connectivity index (χ2v) is 4.27. The standard InChI is InChI=1S/C12H12N6O4/c13-15-7-1-3-9(11(5-7)17(19)20)10-4-2-8(16-14)6-12(10)18(21)22/h1-6,15-16H,13-14H2. The third-order valence-electron chi connectivity index (χ3n) is 3.01. The van der Waals surface area contributed by atoms with E-state index in [9.17, 15) is 20.2 Å². The van der Waals surface area contributed by atoms with E-state index in [0.717, 1.165) is 0 Å². The molecule has 0 bridgehead atoms. The average Bonchev–Trinajstić information content (AvgIpc) is 2.53. The van der Waals surface area contributed by atoms with Crippen molar-refractivity contribution in [3.05, 3.63) is 56.6 Å². The molecule has 0 atom stereocenters. The van der Waals surface area contributed by atoms with Crippen LogP contribution in [0.4, 0.5) is 22.7 Å². The van der Waals surface area contributed by atoms with E-state index in [-0.39, 0.29) is 22.5 Å². The van der Waals surface area contributed by atoms with Gasteiger partial charge in [-0.25, -0.2) is 0 Å². The average molecular weight is 304 g/mol. The molecule has 2 rings (SSSR count). The highest BCUT2D eigenvalue weighted by atomic mass is 16.6. The normalized spacial score (nSPS) is 10.1. The molecule has 0 fully saturated rings. The van der Waals surface area contributed by atoms with Crippen LogP contribution >= 0.6 is 0 Å². The number of nitro groups is 2. The number of rotatable bonds is 5. The Labute approximate surface area is 124 Å². The van der Waals surface area contributed by atoms with E-state index in [1.165, 1.54) is 36.4 Å². The van der Waals surface area contributed by atoms with Crippen molar-refractivity contribution < 1.29 is 9.85 Å². The van der Waals surface area contributed by atoms with Gasteiger partial charge in [-0.05, 0) is 24.3 Å². The highest BCUT2D eigenvalue weighted by Gasteiger charge is 2.23. The summed E-state index contributed by atoms with van der Waals surface area (Å²) in [6, 6.07) is 8.17. The second kappa shape index (κ2) is 6.03. The van der Waals surface area contributed by atoms with E-state index in [2.05, 4.69) is 10.9 Å². The first-order valence-electron chi connectivity index (χ1n) is 5.98. The Morgan fingerprint density at radius 2 is 1.14 bits per heavy atom. The quantitative estimate of drug-likeness (QED) is 0.368. The number of nitrogens with two attached hydrogens (primary N) is 2. The summed E-state index contributed by atoms with van der Waals surface area (Å²) in [5.74, 6) is 10.4. The van der Waals surface area contributed by atoms with Gasteiger partial charge in [0.05, 0.1) is 32.3 Å². The number of hydrogen-bond acceptors (Lipinski definition) is 8. The van der Waals surface area contributed by atoms with Crippen molar-refractivity contribution >= 4 is 22.7 Å². The fraction of sp³-hybridized carbons (Fsp3) is 0. The lowest BCUT2D eigenvalue weighted by atomic mass is 10.0. The van der Waals surface area contributed by atoms with Crippen LogP contribution in [0.15, 0.2) is 36.4 Å². The highest BCUT2D eigenvalue weighted by molar-refractivity contribution is 5.83. The van der Waals surface area contributed by atoms with Crippen LogP contribution in [0.25, 0.3) is 11.1 Å². The molecule has 0 heterocycles. The number of nitrogens with zero attached hydrogens (tertiary/aromatic N) is 2. The second-order valence-electron chi connectivity index (χ2n) is 4.27. The van der Waals surface area contributed by atoms with Crippen molar-refractivity contribution in [3.63, 3.8) is 0 Å². The molecule has 2 aromatic rings. The van der Waals surface area contributed by atoms with Crippen LogP contribution in [0.2, 0.25) is 0 Å². The molecule has 10 nitrogen and oxygen atoms in total. The number of nitro benzene ring substituents is 2. The summed E-state index contributed by atoms with van der Waals surface area (Å²) in [5, 5.41) is 22.4. The Hall–Kier alpha value is -3.24. The minimum Gasteiger partial charge on any atom is -0.324 e. The van der Waals surface area contributed by atoms with E-state index in [0.29, 0.717) is 11.4 Å². The first-order valence-corrected chi connectivity index (χ1v) is 5.98. The third-order valence-corrected chi connectivity index (χ3v) is 3.01. The largest absolute Gasteiger partial charge is 0.324 e. The van der Waals surface area contributed by atoms with Gasteiger partial charge in [0.2, 0.25) is 0 Å². The van der Waals surface area contributed by atoms with E-state index in [1.54, 1.807) is 0 Å². The van der Waals surface area contributed by atoms with Crippen LogP contribution in [0, 0.1) is 20.2 Å². The van der Waals surface area contributed by atoms with E-state index in [1.807, 2.05) is 0 Å². The SMILES string of the molecule is NNc1ccc(-c2ccc(NN)cc2[N+](=O)[O-])c([N+](=O)[O-])c1. The Balaban J connectivity index is 2.70. The molecule has 10 heteroatoms. The molecule has 0 aliphatic heterocycles. The fourth-order valence-electron chi connectivity index (χ4n) is 2.00. The fourth-order valence-corrected chi connectivity index (χ4v) is 2.00. The number of hydrazine groups is 2. The molecular formula is C12H12N6O4. The van der Waals surface area contributed by atoms with Gasteiger partial charge in [-0.15, -0.1) is 0 Å². The summed E-state index contributed by atoms with van der Waals surface area (Å²) < 4.78 is 0. The molecule has 0 aliphatic rings. The van der Waals surface area contributed by atoms with Crippen molar-refractivity contribution in [2.24, 2.45) is 11.7 Å². The summed E-state index contributed by atoms with van der Waals surface area (Å²) in [5.41, 5.74) is 4.84. The number of benzene rings is 2. The molecule has 6 N–H and O–H groups in total. The van der Waals surface area contributed by atoms with Crippen LogP contribution in [0.1, 0.15) is 0 Å². The highest BCUT2D eigenvalue weighted by Crippen LogP contribution is 2.38. The molecule has 114 valence electrons. The zero-order valence-electron chi connectivity index (χ0n) is 11.1. The molecule has 0 unspecified atom stereocenters. The lowest BCUT2D eigenvalue weighted by Crippen LogP contribution is -2.08. The van der Waals surface area contributed by atoms with Crippen molar-refractivity contribution in [2.75, 3.05) is 10.9 Å². The topological polar surface area (TPSA) is 162 Å². The summed E-state index contributed by atoms with van der Waals surface area (Å²) in [6.07, 6.45) is 0. The molecule has 0 spiro atoms. The predicted molar refractivity (Wildman–Crippen MR) is 80.8 cm³/mol. The molecule has 0 saturated carbocycles. The van der Waals surface area contributed by atoms with Crippen LogP contribution in [-0.2, 0) is 0 Å². The van der Waals surface area contributed by atoms with E-state index in [4.69, 9.17) is 11.7 Å². The lowest BCUT2D eigenvalue weighted by Gasteiger charge is -2.08. The zero-order valence-corrected chi connectivity index (χ0v) is 11.1. The van der Waals surface area contributed by atoms with Gasteiger partial charge in [-0.2, -0.15) is 0 Å². The maximum atomic E-state index is 11.2. The first kappa shape index (κ1) is 15.2. The number of nitrogen functional groups attached to an aromatic ring is 2. The molecule has 0 radical (unpaired) electrons. The van der Waals surface area contributed by atoms with Gasteiger partial charge < -0.3 is 10.9 Å². The van der Waals surface area contributed by atoms with Gasteiger partial charge >= 0.3 is 0 Å². The molecule has 22 heavy (non-hydrogen) atoms. The van der Waals surface area contributed by atoms with Gasteiger partial charge in [0.15, 0.2) is 0 Å². The van der Waals surface area contributed by atoms with Gasteiger partial charge in [0.1, 0.15) is 0 Å². The van der Waals surface area contributed by atoms with Gasteiger partial charge in [-0.1, -0.05) is 0 Å². The van der Waals surface area contributed by atoms with Crippen molar-refractivity contribution in [3.8, 4) is 11.1 Å². The summed E-state index contributed by atoms with van der Waals surface area (Å²) in [6.45, 7) is 0. The number of nitrogens with one attached hydrogen (secondary N) is 2. The number of anilines is 2. The first-order chi connectivity index (χ1) is 10.5. The molecule has 0 aliphatic carbocycles. The molecule has 0 saturated heterocycles. The van der Waals surface area contributed by atoms with Crippen molar-refractivity contribution in [1.29, 1.82) is 0 Å². The van der Waals surface area contributed by atoms with Crippen molar-refractivity contribution in [1.82, 2.24) is 0 Å². The summed E-state index contributed by atoms with van der Waals surface area (Å²) in [4.78, 5) is 21.1. The van der Waals surface area contributed by atoms with Crippen LogP contribution in [0.5, 0.6) is 0 Å². The molecular weight excluding hydrogens is 292 g/mol. The molecule has 2 aromatic carbocycles. The Kier molecular flexibility index (Phi) is 4.15. The van der Waals surface area contributed by atoms with Crippen LogP contribution < -0.4 is 22.5 Å². The maximum Gasteiger partial charge on any atom is 0.279 e. The third kappa shape index (κ3) is 2.77. The maximum absolute atomic E-state index is 11.2. The monoisotopic (exact) mass is 304 g/mol. The van der Waals surface area contributed by atoms with Crippen LogP contribution in [-0.4, -0.2) is 9.85 Å². The Morgan fingerprint density at radius 3 is 1.41 bits per heavy atom. The molecule has 0 aromatic heterocycles.